The molecule has 1 aliphatic carbocycles. The second kappa shape index (κ2) is 6.51. The van der Waals surface area contributed by atoms with Gasteiger partial charge >= 0.3 is 6.03 Å². The van der Waals surface area contributed by atoms with Gasteiger partial charge in [0, 0.05) is 24.5 Å². The van der Waals surface area contributed by atoms with Gasteiger partial charge < -0.3 is 15.0 Å². The van der Waals surface area contributed by atoms with Gasteiger partial charge in [-0.15, -0.1) is 0 Å². The Morgan fingerprint density at radius 3 is 2.79 bits per heavy atom. The fourth-order valence-corrected chi connectivity index (χ4v) is 3.73. The molecule has 1 saturated heterocycles. The number of amides is 2. The highest BCUT2D eigenvalue weighted by Gasteiger charge is 2.37. The molecule has 4 rings (SSSR count). The smallest absolute Gasteiger partial charge is 0.322 e. The number of likely N-dealkylation sites (tertiary alicyclic amines) is 1. The Labute approximate surface area is 141 Å². The number of rotatable bonds is 3. The number of benzene rings is 1. The third-order valence-corrected chi connectivity index (χ3v) is 4.89. The summed E-state index contributed by atoms with van der Waals surface area (Å²) >= 11 is 0. The van der Waals surface area contributed by atoms with E-state index in [4.69, 9.17) is 4.74 Å². The minimum absolute atomic E-state index is 0.0188. The molecule has 2 amide bonds. The van der Waals surface area contributed by atoms with Crippen LogP contribution in [0.2, 0.25) is 0 Å². The van der Waals surface area contributed by atoms with E-state index in [9.17, 15) is 4.79 Å². The zero-order valence-electron chi connectivity index (χ0n) is 13.5. The maximum Gasteiger partial charge on any atom is 0.322 e. The van der Waals surface area contributed by atoms with Crippen LogP contribution >= 0.6 is 0 Å². The van der Waals surface area contributed by atoms with E-state index >= 15 is 0 Å². The second-order valence-electron chi connectivity index (χ2n) is 6.58. The zero-order chi connectivity index (χ0) is 16.4. The Balaban J connectivity index is 1.37. The first-order valence-electron chi connectivity index (χ1n) is 8.53. The molecule has 2 heterocycles. The Morgan fingerprint density at radius 1 is 1.17 bits per heavy atom. The fourth-order valence-electron chi connectivity index (χ4n) is 3.73. The van der Waals surface area contributed by atoms with Crippen molar-refractivity contribution in [3.05, 3.63) is 48.8 Å². The molecule has 0 spiro atoms. The molecule has 5 nitrogen and oxygen atoms in total. The third kappa shape index (κ3) is 3.20. The SMILES string of the molecule is O=C(Nc1ccc(Oc2cccnc2)cc1)N1C[C@H]2CCC[C@@H]1C2. The van der Waals surface area contributed by atoms with E-state index in [1.165, 1.54) is 19.3 Å². The number of ether oxygens (including phenoxy) is 1. The second-order valence-corrected chi connectivity index (χ2v) is 6.58. The molecule has 2 bridgehead atoms. The molecular formula is C19H21N3O2. The lowest BCUT2D eigenvalue weighted by Crippen LogP contribution is -2.38. The minimum atomic E-state index is 0.0188. The van der Waals surface area contributed by atoms with Gasteiger partial charge in [0.15, 0.2) is 0 Å². The Morgan fingerprint density at radius 2 is 2.04 bits per heavy atom. The molecule has 2 fully saturated rings. The predicted octanol–water partition coefficient (Wildman–Crippen LogP) is 4.28. The van der Waals surface area contributed by atoms with Crippen molar-refractivity contribution in [3.63, 3.8) is 0 Å². The van der Waals surface area contributed by atoms with E-state index in [0.29, 0.717) is 17.7 Å². The first-order valence-corrected chi connectivity index (χ1v) is 8.53. The largest absolute Gasteiger partial charge is 0.456 e. The van der Waals surface area contributed by atoms with Crippen molar-refractivity contribution in [2.45, 2.75) is 31.7 Å². The van der Waals surface area contributed by atoms with Crippen LogP contribution in [0.25, 0.3) is 0 Å². The molecule has 2 aliphatic rings. The summed E-state index contributed by atoms with van der Waals surface area (Å²) < 4.78 is 5.71. The van der Waals surface area contributed by atoms with Crippen LogP contribution in [0.5, 0.6) is 11.5 Å². The van der Waals surface area contributed by atoms with Gasteiger partial charge in [-0.05, 0) is 61.6 Å². The fraction of sp³-hybridized carbons (Fsp3) is 0.368. The Bertz CT molecular complexity index is 702. The monoisotopic (exact) mass is 323 g/mol. The van der Waals surface area contributed by atoms with Crippen molar-refractivity contribution in [2.75, 3.05) is 11.9 Å². The number of anilines is 1. The van der Waals surface area contributed by atoms with Gasteiger partial charge in [0.05, 0.1) is 6.20 Å². The van der Waals surface area contributed by atoms with Gasteiger partial charge in [-0.25, -0.2) is 4.79 Å². The maximum absolute atomic E-state index is 12.5. The highest BCUT2D eigenvalue weighted by Crippen LogP contribution is 2.35. The molecule has 24 heavy (non-hydrogen) atoms. The molecule has 1 N–H and O–H groups in total. The number of carbonyl (C=O) groups is 1. The van der Waals surface area contributed by atoms with Crippen LogP contribution in [0.15, 0.2) is 48.8 Å². The van der Waals surface area contributed by atoms with Crippen molar-refractivity contribution >= 4 is 11.7 Å². The topological polar surface area (TPSA) is 54.5 Å². The number of aromatic nitrogens is 1. The van der Waals surface area contributed by atoms with E-state index in [0.717, 1.165) is 24.4 Å². The predicted molar refractivity (Wildman–Crippen MR) is 92.2 cm³/mol. The number of carbonyl (C=O) groups excluding carboxylic acids is 1. The average molecular weight is 323 g/mol. The summed E-state index contributed by atoms with van der Waals surface area (Å²) in [5.41, 5.74) is 0.792. The van der Waals surface area contributed by atoms with Gasteiger partial charge in [-0.2, -0.15) is 0 Å². The average Bonchev–Trinajstić information content (AvgIpc) is 2.91. The highest BCUT2D eigenvalue weighted by molar-refractivity contribution is 5.89. The molecule has 1 aromatic heterocycles. The molecule has 0 radical (unpaired) electrons. The maximum atomic E-state index is 12.5. The molecule has 1 aromatic carbocycles. The summed E-state index contributed by atoms with van der Waals surface area (Å²) in [4.78, 5) is 18.5. The van der Waals surface area contributed by atoms with Crippen LogP contribution in [-0.4, -0.2) is 28.5 Å². The highest BCUT2D eigenvalue weighted by atomic mass is 16.5. The lowest BCUT2D eigenvalue weighted by Gasteiger charge is -2.24. The van der Waals surface area contributed by atoms with Crippen LogP contribution in [0.3, 0.4) is 0 Å². The summed E-state index contributed by atoms with van der Waals surface area (Å²) in [7, 11) is 0. The number of hydrogen-bond acceptors (Lipinski definition) is 3. The first kappa shape index (κ1) is 15.0. The number of pyridine rings is 1. The van der Waals surface area contributed by atoms with E-state index in [1.807, 2.05) is 41.3 Å². The van der Waals surface area contributed by atoms with Gasteiger partial charge in [0.1, 0.15) is 11.5 Å². The van der Waals surface area contributed by atoms with E-state index < -0.39 is 0 Å². The third-order valence-electron chi connectivity index (χ3n) is 4.89. The summed E-state index contributed by atoms with van der Waals surface area (Å²) in [6.07, 6.45) is 8.20. The van der Waals surface area contributed by atoms with Crippen LogP contribution in [0.1, 0.15) is 25.7 Å². The van der Waals surface area contributed by atoms with E-state index in [-0.39, 0.29) is 6.03 Å². The van der Waals surface area contributed by atoms with Crippen LogP contribution in [0, 0.1) is 5.92 Å². The Kier molecular flexibility index (Phi) is 4.07. The lowest BCUT2D eigenvalue weighted by molar-refractivity contribution is 0.204. The van der Waals surface area contributed by atoms with Crippen molar-refractivity contribution < 1.29 is 9.53 Å². The Hall–Kier alpha value is -2.56. The number of urea groups is 1. The zero-order valence-corrected chi connectivity index (χ0v) is 13.5. The van der Waals surface area contributed by atoms with Gasteiger partial charge in [-0.3, -0.25) is 4.98 Å². The van der Waals surface area contributed by atoms with Crippen LogP contribution < -0.4 is 10.1 Å². The van der Waals surface area contributed by atoms with Crippen molar-refractivity contribution in [2.24, 2.45) is 5.92 Å². The standard InChI is InChI=1S/C19H21N3O2/c23-19(22-13-14-3-1-4-16(22)11-14)21-15-6-8-17(9-7-15)24-18-5-2-10-20-12-18/h2,5-10,12,14,16H,1,3-4,11,13H2,(H,21,23)/t14-,16+/m0/s1. The number of nitrogens with one attached hydrogen (secondary N) is 1. The molecule has 0 unspecified atom stereocenters. The molecule has 1 aliphatic heterocycles. The van der Waals surface area contributed by atoms with Gasteiger partial charge in [0.2, 0.25) is 0 Å². The molecule has 2 atom stereocenters. The van der Waals surface area contributed by atoms with Crippen molar-refractivity contribution in [1.29, 1.82) is 0 Å². The van der Waals surface area contributed by atoms with Gasteiger partial charge in [0.25, 0.3) is 0 Å². The summed E-state index contributed by atoms with van der Waals surface area (Å²) in [5, 5.41) is 3.01. The van der Waals surface area contributed by atoms with Crippen molar-refractivity contribution in [3.8, 4) is 11.5 Å². The molecule has 124 valence electrons. The molecule has 2 aromatic rings. The van der Waals surface area contributed by atoms with Crippen LogP contribution in [-0.2, 0) is 0 Å². The summed E-state index contributed by atoms with van der Waals surface area (Å²) in [6.45, 7) is 0.901. The lowest BCUT2D eigenvalue weighted by atomic mass is 9.91. The molecule has 1 saturated carbocycles. The first-order chi connectivity index (χ1) is 11.8. The molecule has 5 heteroatoms. The number of hydrogen-bond donors (Lipinski definition) is 1. The summed E-state index contributed by atoms with van der Waals surface area (Å²) in [5.74, 6) is 2.11. The molecular weight excluding hydrogens is 302 g/mol. The van der Waals surface area contributed by atoms with E-state index in [2.05, 4.69) is 10.3 Å². The number of nitrogens with zero attached hydrogens (tertiary/aromatic N) is 2. The number of fused-ring (bicyclic) bond motifs is 2. The van der Waals surface area contributed by atoms with Crippen LogP contribution in [0.4, 0.5) is 10.5 Å². The normalized spacial score (nSPS) is 22.2. The van der Waals surface area contributed by atoms with Gasteiger partial charge in [-0.1, -0.05) is 6.42 Å². The minimum Gasteiger partial charge on any atom is -0.456 e. The van der Waals surface area contributed by atoms with E-state index in [1.54, 1.807) is 12.4 Å². The quantitative estimate of drug-likeness (QED) is 0.917. The van der Waals surface area contributed by atoms with Crippen molar-refractivity contribution in [1.82, 2.24) is 9.88 Å². The summed E-state index contributed by atoms with van der Waals surface area (Å²) in [6, 6.07) is 11.6.